The average molecular weight is 126 g/mol. The Hall–Kier alpha value is -0.560. The standard InChI is InChI=1S/C8H14O/c1-4-5-6-7-8(2)9-3/h4-8H,1-3H3. The summed E-state index contributed by atoms with van der Waals surface area (Å²) in [5.41, 5.74) is 0. The predicted molar refractivity (Wildman–Crippen MR) is 40.4 cm³/mol. The minimum atomic E-state index is 0.223. The number of hydrogen-bond donors (Lipinski definition) is 0. The molecule has 0 aromatic carbocycles. The van der Waals surface area contributed by atoms with Crippen LogP contribution in [-0.2, 0) is 4.74 Å². The fourth-order valence-corrected chi connectivity index (χ4v) is 0.410. The largest absolute Gasteiger partial charge is 0.378 e. The lowest BCUT2D eigenvalue weighted by Crippen LogP contribution is -1.97. The van der Waals surface area contributed by atoms with Crippen molar-refractivity contribution in [3.8, 4) is 0 Å². The van der Waals surface area contributed by atoms with Gasteiger partial charge in [-0.2, -0.15) is 0 Å². The molecular weight excluding hydrogens is 112 g/mol. The molecule has 0 aromatic heterocycles. The Morgan fingerprint density at radius 1 is 1.33 bits per heavy atom. The summed E-state index contributed by atoms with van der Waals surface area (Å²) in [6.07, 6.45) is 8.17. The van der Waals surface area contributed by atoms with E-state index >= 15 is 0 Å². The molecule has 9 heavy (non-hydrogen) atoms. The summed E-state index contributed by atoms with van der Waals surface area (Å²) in [5, 5.41) is 0. The highest BCUT2D eigenvalue weighted by molar-refractivity contribution is 5.02. The van der Waals surface area contributed by atoms with Gasteiger partial charge in [0.25, 0.3) is 0 Å². The van der Waals surface area contributed by atoms with Crippen molar-refractivity contribution in [3.63, 3.8) is 0 Å². The molecular formula is C8H14O. The van der Waals surface area contributed by atoms with Crippen molar-refractivity contribution in [1.29, 1.82) is 0 Å². The average Bonchev–Trinajstić information content (AvgIpc) is 1.89. The second-order valence-electron chi connectivity index (χ2n) is 1.85. The van der Waals surface area contributed by atoms with Crippen molar-refractivity contribution in [2.75, 3.05) is 7.11 Å². The fraction of sp³-hybridized carbons (Fsp3) is 0.500. The summed E-state index contributed by atoms with van der Waals surface area (Å²) in [6, 6.07) is 0. The molecule has 0 amide bonds. The molecule has 0 bridgehead atoms. The topological polar surface area (TPSA) is 9.23 Å². The van der Waals surface area contributed by atoms with Crippen LogP contribution in [0.4, 0.5) is 0 Å². The first-order valence-electron chi connectivity index (χ1n) is 3.13. The molecule has 0 saturated carbocycles. The smallest absolute Gasteiger partial charge is 0.0726 e. The molecule has 0 rings (SSSR count). The van der Waals surface area contributed by atoms with Crippen LogP contribution in [0.25, 0.3) is 0 Å². The van der Waals surface area contributed by atoms with E-state index in [0.29, 0.717) is 0 Å². The van der Waals surface area contributed by atoms with Crippen molar-refractivity contribution in [1.82, 2.24) is 0 Å². The van der Waals surface area contributed by atoms with E-state index < -0.39 is 0 Å². The van der Waals surface area contributed by atoms with E-state index in [-0.39, 0.29) is 6.10 Å². The van der Waals surface area contributed by atoms with Crippen LogP contribution in [0.1, 0.15) is 13.8 Å². The molecule has 0 aliphatic rings. The van der Waals surface area contributed by atoms with Gasteiger partial charge in [-0.25, -0.2) is 0 Å². The quantitative estimate of drug-likeness (QED) is 0.526. The highest BCUT2D eigenvalue weighted by Crippen LogP contribution is 1.89. The molecule has 1 heteroatoms. The minimum absolute atomic E-state index is 0.223. The predicted octanol–water partition coefficient (Wildman–Crippen LogP) is 2.15. The first-order valence-corrected chi connectivity index (χ1v) is 3.13. The lowest BCUT2D eigenvalue weighted by molar-refractivity contribution is 0.156. The highest BCUT2D eigenvalue weighted by Gasteiger charge is 1.86. The molecule has 0 spiro atoms. The van der Waals surface area contributed by atoms with Gasteiger partial charge < -0.3 is 4.74 Å². The van der Waals surface area contributed by atoms with Crippen molar-refractivity contribution in [3.05, 3.63) is 24.3 Å². The molecule has 0 aromatic rings. The number of hydrogen-bond acceptors (Lipinski definition) is 1. The number of rotatable bonds is 3. The van der Waals surface area contributed by atoms with Gasteiger partial charge in [-0.05, 0) is 13.8 Å². The zero-order chi connectivity index (χ0) is 7.11. The molecule has 0 fully saturated rings. The van der Waals surface area contributed by atoms with Gasteiger partial charge >= 0.3 is 0 Å². The normalized spacial score (nSPS) is 15.4. The Labute approximate surface area is 57.0 Å². The van der Waals surface area contributed by atoms with E-state index in [1.807, 2.05) is 38.2 Å². The zero-order valence-corrected chi connectivity index (χ0v) is 6.29. The van der Waals surface area contributed by atoms with Gasteiger partial charge in [0.15, 0.2) is 0 Å². The van der Waals surface area contributed by atoms with Gasteiger partial charge in [0.1, 0.15) is 0 Å². The van der Waals surface area contributed by atoms with Crippen molar-refractivity contribution in [2.45, 2.75) is 20.0 Å². The van der Waals surface area contributed by atoms with Gasteiger partial charge in [-0.1, -0.05) is 24.3 Å². The summed E-state index contributed by atoms with van der Waals surface area (Å²) >= 11 is 0. The molecule has 1 unspecified atom stereocenters. The van der Waals surface area contributed by atoms with E-state index in [1.165, 1.54) is 0 Å². The summed E-state index contributed by atoms with van der Waals surface area (Å²) in [7, 11) is 1.70. The Morgan fingerprint density at radius 2 is 2.00 bits per heavy atom. The number of methoxy groups -OCH3 is 1. The molecule has 0 heterocycles. The zero-order valence-electron chi connectivity index (χ0n) is 6.29. The lowest BCUT2D eigenvalue weighted by Gasteiger charge is -1.99. The lowest BCUT2D eigenvalue weighted by atomic mass is 10.3. The van der Waals surface area contributed by atoms with Gasteiger partial charge in [0.2, 0.25) is 0 Å². The van der Waals surface area contributed by atoms with Crippen LogP contribution in [0.5, 0.6) is 0 Å². The summed E-state index contributed by atoms with van der Waals surface area (Å²) < 4.78 is 4.98. The third-order valence-corrected chi connectivity index (χ3v) is 1.06. The highest BCUT2D eigenvalue weighted by atomic mass is 16.5. The van der Waals surface area contributed by atoms with Gasteiger partial charge in [-0.3, -0.25) is 0 Å². The van der Waals surface area contributed by atoms with E-state index in [0.717, 1.165) is 0 Å². The number of ether oxygens (including phenoxy) is 1. The third kappa shape index (κ3) is 5.31. The van der Waals surface area contributed by atoms with E-state index in [1.54, 1.807) is 7.11 Å². The second-order valence-corrected chi connectivity index (χ2v) is 1.85. The first-order chi connectivity index (χ1) is 4.31. The van der Waals surface area contributed by atoms with Crippen molar-refractivity contribution >= 4 is 0 Å². The first kappa shape index (κ1) is 8.44. The van der Waals surface area contributed by atoms with Crippen LogP contribution in [0.15, 0.2) is 24.3 Å². The fourth-order valence-electron chi connectivity index (χ4n) is 0.410. The summed E-state index contributed by atoms with van der Waals surface area (Å²) in [5.74, 6) is 0. The van der Waals surface area contributed by atoms with Crippen LogP contribution in [0, 0.1) is 0 Å². The second kappa shape index (κ2) is 5.57. The number of allylic oxidation sites excluding steroid dienone is 3. The van der Waals surface area contributed by atoms with Crippen molar-refractivity contribution in [2.24, 2.45) is 0 Å². The van der Waals surface area contributed by atoms with Crippen LogP contribution in [0.3, 0.4) is 0 Å². The Morgan fingerprint density at radius 3 is 2.44 bits per heavy atom. The SMILES string of the molecule is CC=CC=CC(C)OC. The van der Waals surface area contributed by atoms with Crippen LogP contribution >= 0.6 is 0 Å². The maximum absolute atomic E-state index is 4.98. The monoisotopic (exact) mass is 126 g/mol. The molecule has 0 saturated heterocycles. The van der Waals surface area contributed by atoms with Gasteiger partial charge in [0, 0.05) is 7.11 Å². The molecule has 0 aliphatic carbocycles. The molecule has 0 aliphatic heterocycles. The van der Waals surface area contributed by atoms with E-state index in [2.05, 4.69) is 0 Å². The summed E-state index contributed by atoms with van der Waals surface area (Å²) in [6.45, 7) is 3.99. The van der Waals surface area contributed by atoms with Crippen LogP contribution in [-0.4, -0.2) is 13.2 Å². The maximum Gasteiger partial charge on any atom is 0.0726 e. The molecule has 52 valence electrons. The van der Waals surface area contributed by atoms with E-state index in [4.69, 9.17) is 4.74 Å². The minimum Gasteiger partial charge on any atom is -0.378 e. The van der Waals surface area contributed by atoms with Crippen molar-refractivity contribution < 1.29 is 4.74 Å². The van der Waals surface area contributed by atoms with Crippen LogP contribution in [0.2, 0.25) is 0 Å². The molecule has 0 radical (unpaired) electrons. The Balaban J connectivity index is 3.43. The van der Waals surface area contributed by atoms with Gasteiger partial charge in [-0.15, -0.1) is 0 Å². The Bertz CT molecular complexity index is 103. The Kier molecular flexibility index (Phi) is 5.23. The molecule has 1 nitrogen and oxygen atoms in total. The molecule has 0 N–H and O–H groups in total. The van der Waals surface area contributed by atoms with Crippen LogP contribution < -0.4 is 0 Å². The summed E-state index contributed by atoms with van der Waals surface area (Å²) in [4.78, 5) is 0. The third-order valence-electron chi connectivity index (χ3n) is 1.06. The maximum atomic E-state index is 4.98. The van der Waals surface area contributed by atoms with E-state index in [9.17, 15) is 0 Å². The van der Waals surface area contributed by atoms with Gasteiger partial charge in [0.05, 0.1) is 6.10 Å². The molecule has 1 atom stereocenters.